The van der Waals surface area contributed by atoms with Gasteiger partial charge in [0, 0.05) is 5.56 Å². The van der Waals surface area contributed by atoms with Gasteiger partial charge in [-0.15, -0.1) is 0 Å². The van der Waals surface area contributed by atoms with Crippen LogP contribution in [-0.4, -0.2) is 13.7 Å². The van der Waals surface area contributed by atoms with Crippen molar-refractivity contribution in [1.82, 2.24) is 0 Å². The van der Waals surface area contributed by atoms with E-state index in [1.807, 2.05) is 12.1 Å². The Hall–Kier alpha value is -0.740. The Morgan fingerprint density at radius 3 is 3.08 bits per heavy atom. The summed E-state index contributed by atoms with van der Waals surface area (Å²) in [6, 6.07) is 3.77. The monoisotopic (exact) mass is 243 g/mol. The van der Waals surface area contributed by atoms with Crippen molar-refractivity contribution in [3.63, 3.8) is 0 Å². The fourth-order valence-electron chi connectivity index (χ4n) is 1.39. The van der Waals surface area contributed by atoms with Gasteiger partial charge >= 0.3 is 0 Å². The van der Waals surface area contributed by atoms with Crippen molar-refractivity contribution in [3.8, 4) is 11.5 Å². The minimum absolute atomic E-state index is 0.0306. The van der Waals surface area contributed by atoms with E-state index in [0.29, 0.717) is 6.61 Å². The molecule has 1 heterocycles. The lowest BCUT2D eigenvalue weighted by atomic mass is 10.1. The molecular formula is C9H10BrNO2. The van der Waals surface area contributed by atoms with E-state index in [0.717, 1.165) is 21.5 Å². The van der Waals surface area contributed by atoms with Gasteiger partial charge in [-0.05, 0) is 28.1 Å². The largest absolute Gasteiger partial charge is 0.496 e. The van der Waals surface area contributed by atoms with Crippen molar-refractivity contribution < 1.29 is 9.47 Å². The van der Waals surface area contributed by atoms with Gasteiger partial charge in [-0.2, -0.15) is 0 Å². The van der Waals surface area contributed by atoms with Crippen LogP contribution in [0.5, 0.6) is 11.5 Å². The summed E-state index contributed by atoms with van der Waals surface area (Å²) >= 11 is 3.38. The number of halogens is 1. The summed E-state index contributed by atoms with van der Waals surface area (Å²) in [6.07, 6.45) is 0. The molecule has 3 nitrogen and oxygen atoms in total. The van der Waals surface area contributed by atoms with Crippen molar-refractivity contribution in [2.45, 2.75) is 6.04 Å². The number of rotatable bonds is 1. The first kappa shape index (κ1) is 8.84. The summed E-state index contributed by atoms with van der Waals surface area (Å²) in [4.78, 5) is 0. The zero-order chi connectivity index (χ0) is 9.42. The Kier molecular flexibility index (Phi) is 2.17. The Labute approximate surface area is 85.0 Å². The zero-order valence-corrected chi connectivity index (χ0v) is 8.80. The molecule has 0 bridgehead atoms. The molecule has 0 fully saturated rings. The molecule has 0 saturated carbocycles. The van der Waals surface area contributed by atoms with Gasteiger partial charge in [-0.3, -0.25) is 0 Å². The normalized spacial score (nSPS) is 19.5. The molecule has 2 rings (SSSR count). The third-order valence-corrected chi connectivity index (χ3v) is 2.72. The van der Waals surface area contributed by atoms with Crippen molar-refractivity contribution in [3.05, 3.63) is 22.2 Å². The molecule has 0 unspecified atom stereocenters. The minimum Gasteiger partial charge on any atom is -0.496 e. The topological polar surface area (TPSA) is 44.5 Å². The highest BCUT2D eigenvalue weighted by Crippen LogP contribution is 2.38. The molecule has 1 aliphatic heterocycles. The van der Waals surface area contributed by atoms with E-state index in [4.69, 9.17) is 15.2 Å². The molecule has 0 spiro atoms. The molecule has 2 N–H and O–H groups in total. The molecule has 0 saturated heterocycles. The summed E-state index contributed by atoms with van der Waals surface area (Å²) in [6.45, 7) is 0.551. The smallest absolute Gasteiger partial charge is 0.133 e. The predicted octanol–water partition coefficient (Wildman–Crippen LogP) is 1.85. The molecule has 4 heteroatoms. The van der Waals surface area contributed by atoms with Crippen LogP contribution in [0.15, 0.2) is 16.6 Å². The maximum atomic E-state index is 5.82. The molecule has 0 aromatic heterocycles. The molecule has 1 atom stereocenters. The Balaban J connectivity index is 2.51. The molecule has 0 aliphatic carbocycles. The number of fused-ring (bicyclic) bond motifs is 1. The van der Waals surface area contributed by atoms with Gasteiger partial charge in [-0.25, -0.2) is 0 Å². The van der Waals surface area contributed by atoms with Gasteiger partial charge in [0.15, 0.2) is 0 Å². The Morgan fingerprint density at radius 2 is 2.38 bits per heavy atom. The SMILES string of the molecule is COc1cc2c(cc1Br)OC[C@H]2N. The molecule has 0 radical (unpaired) electrons. The van der Waals surface area contributed by atoms with Crippen molar-refractivity contribution in [2.24, 2.45) is 5.73 Å². The van der Waals surface area contributed by atoms with Crippen molar-refractivity contribution >= 4 is 15.9 Å². The van der Waals surface area contributed by atoms with E-state index < -0.39 is 0 Å². The van der Waals surface area contributed by atoms with Crippen LogP contribution < -0.4 is 15.2 Å². The van der Waals surface area contributed by atoms with Gasteiger partial charge in [-0.1, -0.05) is 0 Å². The molecule has 1 aliphatic rings. The van der Waals surface area contributed by atoms with Crippen LogP contribution in [0.4, 0.5) is 0 Å². The van der Waals surface area contributed by atoms with Gasteiger partial charge in [0.25, 0.3) is 0 Å². The quantitative estimate of drug-likeness (QED) is 0.819. The van der Waals surface area contributed by atoms with Crippen LogP contribution in [0, 0.1) is 0 Å². The predicted molar refractivity (Wildman–Crippen MR) is 53.1 cm³/mol. The van der Waals surface area contributed by atoms with Crippen LogP contribution in [0.25, 0.3) is 0 Å². The molecule has 1 aromatic carbocycles. The highest BCUT2D eigenvalue weighted by atomic mass is 79.9. The number of hydrogen-bond acceptors (Lipinski definition) is 3. The van der Waals surface area contributed by atoms with Crippen LogP contribution in [0.3, 0.4) is 0 Å². The fraction of sp³-hybridized carbons (Fsp3) is 0.333. The highest BCUT2D eigenvalue weighted by Gasteiger charge is 2.22. The number of benzene rings is 1. The zero-order valence-electron chi connectivity index (χ0n) is 7.21. The summed E-state index contributed by atoms with van der Waals surface area (Å²) in [5, 5.41) is 0. The fourth-order valence-corrected chi connectivity index (χ4v) is 1.88. The first-order valence-electron chi connectivity index (χ1n) is 3.98. The lowest BCUT2D eigenvalue weighted by Gasteiger charge is -2.06. The van der Waals surface area contributed by atoms with Gasteiger partial charge in [0.1, 0.15) is 18.1 Å². The van der Waals surface area contributed by atoms with Crippen LogP contribution in [0.2, 0.25) is 0 Å². The maximum Gasteiger partial charge on any atom is 0.133 e. The van der Waals surface area contributed by atoms with E-state index in [1.165, 1.54) is 0 Å². The molecule has 1 aromatic rings. The first-order chi connectivity index (χ1) is 6.22. The Morgan fingerprint density at radius 1 is 1.62 bits per heavy atom. The second-order valence-corrected chi connectivity index (χ2v) is 3.80. The first-order valence-corrected chi connectivity index (χ1v) is 4.77. The summed E-state index contributed by atoms with van der Waals surface area (Å²) in [5.41, 5.74) is 6.84. The standard InChI is InChI=1S/C9H10BrNO2/c1-12-9-2-5-7(11)4-13-8(5)3-6(9)10/h2-3,7H,4,11H2,1H3/t7-/m1/s1. The maximum absolute atomic E-state index is 5.82. The average Bonchev–Trinajstić information content (AvgIpc) is 2.46. The van der Waals surface area contributed by atoms with Crippen LogP contribution >= 0.6 is 15.9 Å². The molecule has 0 amide bonds. The summed E-state index contributed by atoms with van der Waals surface area (Å²) < 4.78 is 11.4. The number of hydrogen-bond donors (Lipinski definition) is 1. The third kappa shape index (κ3) is 1.40. The molecule has 13 heavy (non-hydrogen) atoms. The van der Waals surface area contributed by atoms with Crippen LogP contribution in [-0.2, 0) is 0 Å². The van der Waals surface area contributed by atoms with Gasteiger partial charge in [0.05, 0.1) is 17.6 Å². The minimum atomic E-state index is -0.0306. The number of nitrogens with two attached hydrogens (primary N) is 1. The van der Waals surface area contributed by atoms with E-state index in [9.17, 15) is 0 Å². The van der Waals surface area contributed by atoms with E-state index >= 15 is 0 Å². The van der Waals surface area contributed by atoms with Gasteiger partial charge < -0.3 is 15.2 Å². The average molecular weight is 244 g/mol. The Bertz CT molecular complexity index is 341. The van der Waals surface area contributed by atoms with Crippen molar-refractivity contribution in [1.29, 1.82) is 0 Å². The van der Waals surface area contributed by atoms with Gasteiger partial charge in [0.2, 0.25) is 0 Å². The van der Waals surface area contributed by atoms with E-state index in [-0.39, 0.29) is 6.04 Å². The highest BCUT2D eigenvalue weighted by molar-refractivity contribution is 9.10. The van der Waals surface area contributed by atoms with Crippen LogP contribution in [0.1, 0.15) is 11.6 Å². The lowest BCUT2D eigenvalue weighted by molar-refractivity contribution is 0.333. The second-order valence-electron chi connectivity index (χ2n) is 2.94. The summed E-state index contributed by atoms with van der Waals surface area (Å²) in [5.74, 6) is 1.64. The number of methoxy groups -OCH3 is 1. The van der Waals surface area contributed by atoms with E-state index in [1.54, 1.807) is 7.11 Å². The van der Waals surface area contributed by atoms with E-state index in [2.05, 4.69) is 15.9 Å². The summed E-state index contributed by atoms with van der Waals surface area (Å²) in [7, 11) is 1.63. The lowest BCUT2D eigenvalue weighted by Crippen LogP contribution is -2.10. The third-order valence-electron chi connectivity index (χ3n) is 2.10. The second kappa shape index (κ2) is 3.20. The molecule has 70 valence electrons. The number of ether oxygens (including phenoxy) is 2. The van der Waals surface area contributed by atoms with Crippen molar-refractivity contribution in [2.75, 3.05) is 13.7 Å². The molecular weight excluding hydrogens is 234 g/mol.